The van der Waals surface area contributed by atoms with E-state index in [0.29, 0.717) is 5.75 Å². The van der Waals surface area contributed by atoms with Gasteiger partial charge in [0.1, 0.15) is 23.0 Å². The second-order valence-corrected chi connectivity index (χ2v) is 7.00. The Morgan fingerprint density at radius 3 is 2.24 bits per heavy atom. The lowest BCUT2D eigenvalue weighted by Crippen LogP contribution is -2.31. The molecule has 9 heteroatoms. The molecule has 5 nitrogen and oxygen atoms in total. The van der Waals surface area contributed by atoms with Crippen molar-refractivity contribution >= 4 is 10.0 Å². The van der Waals surface area contributed by atoms with Crippen molar-refractivity contribution in [2.75, 3.05) is 20.2 Å². The van der Waals surface area contributed by atoms with E-state index in [-0.39, 0.29) is 13.2 Å². The van der Waals surface area contributed by atoms with Gasteiger partial charge in [0.05, 0.1) is 0 Å². The quantitative estimate of drug-likeness (QED) is 0.745. The highest BCUT2D eigenvalue weighted by Gasteiger charge is 2.34. The lowest BCUT2D eigenvalue weighted by molar-refractivity contribution is -0.275. The summed E-state index contributed by atoms with van der Waals surface area (Å²) < 4.78 is 72.5. The van der Waals surface area contributed by atoms with Crippen LogP contribution in [-0.4, -0.2) is 39.3 Å². The number of halogens is 3. The van der Waals surface area contributed by atoms with Crippen LogP contribution in [0.2, 0.25) is 0 Å². The van der Waals surface area contributed by atoms with Crippen LogP contribution >= 0.6 is 0 Å². The summed E-state index contributed by atoms with van der Waals surface area (Å²) in [7, 11) is -2.91. The van der Waals surface area contributed by atoms with Crippen LogP contribution in [0.5, 0.6) is 11.5 Å². The zero-order chi connectivity index (χ0) is 18.5. The lowest BCUT2D eigenvalue weighted by atomic mass is 10.3. The van der Waals surface area contributed by atoms with Crippen LogP contribution in [0.3, 0.4) is 0 Å². The van der Waals surface area contributed by atoms with Crippen LogP contribution < -0.4 is 9.47 Å². The van der Waals surface area contributed by atoms with Gasteiger partial charge in [-0.2, -0.15) is 4.31 Å². The van der Waals surface area contributed by atoms with Gasteiger partial charge in [0, 0.05) is 13.6 Å². The van der Waals surface area contributed by atoms with Crippen molar-refractivity contribution in [3.63, 3.8) is 0 Å². The minimum Gasteiger partial charge on any atom is -0.492 e. The number of para-hydroxylation sites is 2. The van der Waals surface area contributed by atoms with Crippen molar-refractivity contribution in [2.45, 2.75) is 11.3 Å². The van der Waals surface area contributed by atoms with Crippen molar-refractivity contribution in [3.8, 4) is 11.5 Å². The first-order valence-corrected chi connectivity index (χ1v) is 8.63. The zero-order valence-electron chi connectivity index (χ0n) is 13.2. The fraction of sp³-hybridized carbons (Fsp3) is 0.250. The summed E-state index contributed by atoms with van der Waals surface area (Å²) in [6.07, 6.45) is -4.99. The standard InChI is InChI=1S/C16H16F3NO4S/c1-20(11-12-23-13-7-3-2-4-8-13)25(21,22)15-10-6-5-9-14(15)24-16(17,18)19/h2-10H,11-12H2,1H3. The molecule has 0 saturated heterocycles. The highest BCUT2D eigenvalue weighted by atomic mass is 32.2. The molecule has 0 bridgehead atoms. The molecule has 0 atom stereocenters. The van der Waals surface area contributed by atoms with Crippen molar-refractivity contribution in [2.24, 2.45) is 0 Å². The van der Waals surface area contributed by atoms with Crippen LogP contribution in [0, 0.1) is 0 Å². The third kappa shape index (κ3) is 5.36. The Morgan fingerprint density at radius 1 is 1.00 bits per heavy atom. The summed E-state index contributed by atoms with van der Waals surface area (Å²) >= 11 is 0. The molecule has 0 aliphatic heterocycles. The number of nitrogens with zero attached hydrogens (tertiary/aromatic N) is 1. The summed E-state index contributed by atoms with van der Waals surface area (Å²) in [6, 6.07) is 13.4. The van der Waals surface area contributed by atoms with Crippen LogP contribution in [0.25, 0.3) is 0 Å². The fourth-order valence-corrected chi connectivity index (χ4v) is 3.23. The summed E-state index contributed by atoms with van der Waals surface area (Å²) in [5, 5.41) is 0. The Balaban J connectivity index is 2.10. The summed E-state index contributed by atoms with van der Waals surface area (Å²) in [5.74, 6) is -0.208. The molecule has 0 N–H and O–H groups in total. The average Bonchev–Trinajstić information content (AvgIpc) is 2.54. The van der Waals surface area contributed by atoms with E-state index in [2.05, 4.69) is 4.74 Å². The van der Waals surface area contributed by atoms with Gasteiger partial charge in [-0.15, -0.1) is 13.2 Å². The first-order valence-electron chi connectivity index (χ1n) is 7.19. The molecule has 0 amide bonds. The molecule has 0 radical (unpaired) electrons. The summed E-state index contributed by atoms with van der Waals surface area (Å²) in [6.45, 7) is -0.000379. The second kappa shape index (κ2) is 7.75. The van der Waals surface area contributed by atoms with Crippen molar-refractivity contribution < 1.29 is 31.1 Å². The van der Waals surface area contributed by atoms with E-state index in [9.17, 15) is 21.6 Å². The van der Waals surface area contributed by atoms with Crippen LogP contribution in [-0.2, 0) is 10.0 Å². The van der Waals surface area contributed by atoms with E-state index >= 15 is 0 Å². The number of rotatable bonds is 7. The van der Waals surface area contributed by atoms with E-state index in [1.165, 1.54) is 19.2 Å². The van der Waals surface area contributed by atoms with Gasteiger partial charge in [-0.3, -0.25) is 0 Å². The minimum absolute atomic E-state index is 0.0437. The maximum Gasteiger partial charge on any atom is 0.573 e. The lowest BCUT2D eigenvalue weighted by Gasteiger charge is -2.20. The van der Waals surface area contributed by atoms with Gasteiger partial charge in [-0.25, -0.2) is 8.42 Å². The van der Waals surface area contributed by atoms with Gasteiger partial charge in [-0.05, 0) is 24.3 Å². The van der Waals surface area contributed by atoms with Crippen molar-refractivity contribution in [1.82, 2.24) is 4.31 Å². The van der Waals surface area contributed by atoms with Gasteiger partial charge in [-0.1, -0.05) is 30.3 Å². The third-order valence-electron chi connectivity index (χ3n) is 3.18. The molecule has 0 heterocycles. The highest BCUT2D eigenvalue weighted by molar-refractivity contribution is 7.89. The SMILES string of the molecule is CN(CCOc1ccccc1)S(=O)(=O)c1ccccc1OC(F)(F)F. The maximum absolute atomic E-state index is 12.5. The average molecular weight is 375 g/mol. The molecule has 0 aliphatic carbocycles. The topological polar surface area (TPSA) is 55.8 Å². The molecular weight excluding hydrogens is 359 g/mol. The zero-order valence-corrected chi connectivity index (χ0v) is 14.0. The summed E-state index contributed by atoms with van der Waals surface area (Å²) in [4.78, 5) is -0.561. The fourth-order valence-electron chi connectivity index (χ4n) is 1.97. The normalized spacial score (nSPS) is 12.2. The van der Waals surface area contributed by atoms with E-state index < -0.39 is 27.0 Å². The van der Waals surface area contributed by atoms with E-state index in [1.807, 2.05) is 0 Å². The molecule has 2 aromatic carbocycles. The number of ether oxygens (including phenoxy) is 2. The van der Waals surface area contributed by atoms with Gasteiger partial charge in [0.25, 0.3) is 0 Å². The molecule has 0 saturated carbocycles. The van der Waals surface area contributed by atoms with E-state index in [1.54, 1.807) is 30.3 Å². The van der Waals surface area contributed by atoms with Gasteiger partial charge >= 0.3 is 6.36 Å². The Labute approximate surface area is 143 Å². The number of sulfonamides is 1. The van der Waals surface area contributed by atoms with Gasteiger partial charge in [0.15, 0.2) is 0 Å². The predicted octanol–water partition coefficient (Wildman–Crippen LogP) is 3.28. The monoisotopic (exact) mass is 375 g/mol. The number of hydrogen-bond acceptors (Lipinski definition) is 4. The molecule has 0 fully saturated rings. The smallest absolute Gasteiger partial charge is 0.492 e. The molecule has 2 aromatic rings. The predicted molar refractivity (Wildman–Crippen MR) is 84.9 cm³/mol. The minimum atomic E-state index is -4.99. The molecule has 0 unspecified atom stereocenters. The van der Waals surface area contributed by atoms with Crippen molar-refractivity contribution in [1.29, 1.82) is 0 Å². The number of hydrogen-bond donors (Lipinski definition) is 0. The second-order valence-electron chi connectivity index (χ2n) is 4.98. The summed E-state index contributed by atoms with van der Waals surface area (Å²) in [5.41, 5.74) is 0. The third-order valence-corrected chi connectivity index (χ3v) is 5.08. The van der Waals surface area contributed by atoms with E-state index in [4.69, 9.17) is 4.74 Å². The van der Waals surface area contributed by atoms with Crippen LogP contribution in [0.15, 0.2) is 59.5 Å². The van der Waals surface area contributed by atoms with E-state index in [0.717, 1.165) is 16.4 Å². The van der Waals surface area contributed by atoms with Crippen LogP contribution in [0.1, 0.15) is 0 Å². The first kappa shape index (κ1) is 19.1. The molecule has 136 valence electrons. The molecule has 0 spiro atoms. The Hall–Kier alpha value is -2.26. The Kier molecular flexibility index (Phi) is 5.91. The molecule has 25 heavy (non-hydrogen) atoms. The largest absolute Gasteiger partial charge is 0.573 e. The number of benzene rings is 2. The van der Waals surface area contributed by atoms with Gasteiger partial charge < -0.3 is 9.47 Å². The molecule has 2 rings (SSSR count). The first-order chi connectivity index (χ1) is 11.7. The molecule has 0 aromatic heterocycles. The van der Waals surface area contributed by atoms with Crippen LogP contribution in [0.4, 0.5) is 13.2 Å². The number of alkyl halides is 3. The maximum atomic E-state index is 12.5. The van der Waals surface area contributed by atoms with Crippen molar-refractivity contribution in [3.05, 3.63) is 54.6 Å². The molecular formula is C16H16F3NO4S. The highest BCUT2D eigenvalue weighted by Crippen LogP contribution is 2.30. The molecule has 0 aliphatic rings. The Morgan fingerprint density at radius 2 is 1.60 bits per heavy atom. The van der Waals surface area contributed by atoms with Gasteiger partial charge in [0.2, 0.25) is 10.0 Å². The Bertz CT molecular complexity index is 795. The number of likely N-dealkylation sites (N-methyl/N-ethyl adjacent to an activating group) is 1.